The van der Waals surface area contributed by atoms with E-state index in [1.807, 2.05) is 26.0 Å². The van der Waals surface area contributed by atoms with Crippen LogP contribution in [0.3, 0.4) is 0 Å². The van der Waals surface area contributed by atoms with E-state index < -0.39 is 0 Å². The van der Waals surface area contributed by atoms with Crippen molar-refractivity contribution >= 4 is 16.9 Å². The minimum absolute atomic E-state index is 0.419. The number of pyridine rings is 1. The van der Waals surface area contributed by atoms with Gasteiger partial charge in [0.25, 0.3) is 0 Å². The maximum atomic E-state index is 5.95. The van der Waals surface area contributed by atoms with Crippen molar-refractivity contribution in [2.75, 3.05) is 5.73 Å². The van der Waals surface area contributed by atoms with E-state index in [0.29, 0.717) is 11.5 Å². The molecule has 0 atom stereocenters. The standard InChI is InChI=1S/C13H12N4O/c1-7-8(2)17-13-11(12(14)15-6-16-13)10(7)9-4-3-5-18-9/h3-6H,1-2H3,(H2,14,15,16,17). The molecule has 5 heteroatoms. The van der Waals surface area contributed by atoms with Crippen LogP contribution >= 0.6 is 0 Å². The molecule has 0 fully saturated rings. The van der Waals surface area contributed by atoms with Crippen LogP contribution in [0.25, 0.3) is 22.4 Å². The summed E-state index contributed by atoms with van der Waals surface area (Å²) in [6.45, 7) is 3.94. The molecule has 0 spiro atoms. The number of furan rings is 1. The molecule has 0 unspecified atom stereocenters. The van der Waals surface area contributed by atoms with Crippen LogP contribution in [-0.4, -0.2) is 15.0 Å². The topological polar surface area (TPSA) is 77.8 Å². The number of hydrogen-bond donors (Lipinski definition) is 1. The highest BCUT2D eigenvalue weighted by molar-refractivity contribution is 5.99. The zero-order valence-electron chi connectivity index (χ0n) is 10.1. The fourth-order valence-electron chi connectivity index (χ4n) is 2.05. The van der Waals surface area contributed by atoms with Crippen LogP contribution in [0.4, 0.5) is 5.82 Å². The first-order chi connectivity index (χ1) is 8.68. The van der Waals surface area contributed by atoms with E-state index in [-0.39, 0.29) is 0 Å². The monoisotopic (exact) mass is 240 g/mol. The second-order valence-corrected chi connectivity index (χ2v) is 4.13. The Morgan fingerprint density at radius 2 is 2.06 bits per heavy atom. The summed E-state index contributed by atoms with van der Waals surface area (Å²) < 4.78 is 5.48. The Bertz CT molecular complexity index is 719. The van der Waals surface area contributed by atoms with Gasteiger partial charge in [0.05, 0.1) is 11.6 Å². The van der Waals surface area contributed by atoms with Crippen molar-refractivity contribution in [3.8, 4) is 11.3 Å². The molecule has 0 aliphatic carbocycles. The summed E-state index contributed by atoms with van der Waals surface area (Å²) in [4.78, 5) is 12.6. The molecular formula is C13H12N4O. The Hall–Kier alpha value is -2.43. The van der Waals surface area contributed by atoms with Crippen molar-refractivity contribution < 1.29 is 4.42 Å². The quantitative estimate of drug-likeness (QED) is 0.707. The molecule has 0 aliphatic rings. The van der Waals surface area contributed by atoms with Gasteiger partial charge in [0.2, 0.25) is 0 Å². The molecule has 2 N–H and O–H groups in total. The van der Waals surface area contributed by atoms with E-state index in [1.54, 1.807) is 6.26 Å². The Kier molecular flexibility index (Phi) is 2.26. The molecule has 18 heavy (non-hydrogen) atoms. The first kappa shape index (κ1) is 10.7. The summed E-state index contributed by atoms with van der Waals surface area (Å²) in [6, 6.07) is 3.74. The van der Waals surface area contributed by atoms with Gasteiger partial charge in [-0.25, -0.2) is 15.0 Å². The first-order valence-electron chi connectivity index (χ1n) is 5.59. The fourth-order valence-corrected chi connectivity index (χ4v) is 2.05. The van der Waals surface area contributed by atoms with Crippen molar-refractivity contribution in [2.45, 2.75) is 13.8 Å². The van der Waals surface area contributed by atoms with Crippen molar-refractivity contribution in [3.63, 3.8) is 0 Å². The largest absolute Gasteiger partial charge is 0.464 e. The van der Waals surface area contributed by atoms with E-state index in [4.69, 9.17) is 10.2 Å². The summed E-state index contributed by atoms with van der Waals surface area (Å²) in [5, 5.41) is 0.746. The molecule has 0 saturated heterocycles. The smallest absolute Gasteiger partial charge is 0.165 e. The SMILES string of the molecule is Cc1nc2ncnc(N)c2c(-c2ccco2)c1C. The van der Waals surface area contributed by atoms with Crippen LogP contribution in [0.1, 0.15) is 11.3 Å². The highest BCUT2D eigenvalue weighted by Gasteiger charge is 2.16. The zero-order chi connectivity index (χ0) is 12.7. The normalized spacial score (nSPS) is 11.0. The average molecular weight is 240 g/mol. The van der Waals surface area contributed by atoms with Gasteiger partial charge >= 0.3 is 0 Å². The number of aromatic nitrogens is 3. The van der Waals surface area contributed by atoms with Gasteiger partial charge in [-0.05, 0) is 31.5 Å². The summed E-state index contributed by atoms with van der Waals surface area (Å²) >= 11 is 0. The Balaban J connectivity index is 2.51. The predicted octanol–water partition coefficient (Wildman–Crippen LogP) is 2.48. The lowest BCUT2D eigenvalue weighted by molar-refractivity contribution is 0.582. The molecule has 3 heterocycles. The number of fused-ring (bicyclic) bond motifs is 1. The Morgan fingerprint density at radius 3 is 2.78 bits per heavy atom. The van der Waals surface area contributed by atoms with Crippen molar-refractivity contribution in [1.82, 2.24) is 15.0 Å². The van der Waals surface area contributed by atoms with Crippen molar-refractivity contribution in [2.24, 2.45) is 0 Å². The molecule has 0 aromatic carbocycles. The molecule has 0 aliphatic heterocycles. The van der Waals surface area contributed by atoms with E-state index in [1.165, 1.54) is 6.33 Å². The lowest BCUT2D eigenvalue weighted by Crippen LogP contribution is -2.00. The third kappa shape index (κ3) is 1.44. The number of nitrogens with zero attached hydrogens (tertiary/aromatic N) is 3. The van der Waals surface area contributed by atoms with Crippen LogP contribution in [0.2, 0.25) is 0 Å². The number of aryl methyl sites for hydroxylation is 1. The third-order valence-corrected chi connectivity index (χ3v) is 3.07. The minimum atomic E-state index is 0.419. The Morgan fingerprint density at radius 1 is 1.22 bits per heavy atom. The molecule has 0 radical (unpaired) electrons. The molecule has 5 nitrogen and oxygen atoms in total. The average Bonchev–Trinajstić information content (AvgIpc) is 2.85. The zero-order valence-corrected chi connectivity index (χ0v) is 10.1. The van der Waals surface area contributed by atoms with Crippen LogP contribution in [0, 0.1) is 13.8 Å². The van der Waals surface area contributed by atoms with E-state index in [9.17, 15) is 0 Å². The summed E-state index contributed by atoms with van der Waals surface area (Å²) in [5.41, 5.74) is 9.40. The van der Waals surface area contributed by atoms with Gasteiger partial charge in [0, 0.05) is 11.3 Å². The van der Waals surface area contributed by atoms with Gasteiger partial charge in [0.15, 0.2) is 5.65 Å². The number of hydrogen-bond acceptors (Lipinski definition) is 5. The summed E-state index contributed by atoms with van der Waals surface area (Å²) in [5.74, 6) is 1.17. The molecule has 3 aromatic heterocycles. The second-order valence-electron chi connectivity index (χ2n) is 4.13. The molecular weight excluding hydrogens is 228 g/mol. The first-order valence-corrected chi connectivity index (χ1v) is 5.59. The van der Waals surface area contributed by atoms with Gasteiger partial charge in [-0.2, -0.15) is 0 Å². The minimum Gasteiger partial charge on any atom is -0.464 e. The van der Waals surface area contributed by atoms with Crippen molar-refractivity contribution in [3.05, 3.63) is 36.0 Å². The second kappa shape index (κ2) is 3.80. The maximum absolute atomic E-state index is 5.95. The summed E-state index contributed by atoms with van der Waals surface area (Å²) in [6.07, 6.45) is 3.06. The molecule has 0 amide bonds. The van der Waals surface area contributed by atoms with Crippen LogP contribution in [0.15, 0.2) is 29.1 Å². The van der Waals surface area contributed by atoms with E-state index >= 15 is 0 Å². The summed E-state index contributed by atoms with van der Waals surface area (Å²) in [7, 11) is 0. The number of anilines is 1. The molecule has 3 rings (SSSR count). The molecule has 90 valence electrons. The maximum Gasteiger partial charge on any atom is 0.165 e. The van der Waals surface area contributed by atoms with Crippen molar-refractivity contribution in [1.29, 1.82) is 0 Å². The molecule has 0 saturated carbocycles. The van der Waals surface area contributed by atoms with Gasteiger partial charge in [-0.3, -0.25) is 0 Å². The number of rotatable bonds is 1. The third-order valence-electron chi connectivity index (χ3n) is 3.07. The highest BCUT2D eigenvalue weighted by atomic mass is 16.3. The van der Waals surface area contributed by atoms with Gasteiger partial charge in [-0.1, -0.05) is 0 Å². The van der Waals surface area contributed by atoms with Crippen LogP contribution < -0.4 is 5.73 Å². The molecule has 3 aromatic rings. The van der Waals surface area contributed by atoms with Crippen LogP contribution in [-0.2, 0) is 0 Å². The number of nitrogen functional groups attached to an aromatic ring is 1. The number of nitrogens with two attached hydrogens (primary N) is 1. The van der Waals surface area contributed by atoms with Crippen LogP contribution in [0.5, 0.6) is 0 Å². The fraction of sp³-hybridized carbons (Fsp3) is 0.154. The van der Waals surface area contributed by atoms with E-state index in [2.05, 4.69) is 15.0 Å². The molecule has 0 bridgehead atoms. The van der Waals surface area contributed by atoms with Gasteiger partial charge < -0.3 is 10.2 Å². The lowest BCUT2D eigenvalue weighted by atomic mass is 10.0. The highest BCUT2D eigenvalue weighted by Crippen LogP contribution is 2.34. The van der Waals surface area contributed by atoms with Gasteiger partial charge in [0.1, 0.15) is 17.9 Å². The lowest BCUT2D eigenvalue weighted by Gasteiger charge is -2.10. The van der Waals surface area contributed by atoms with Gasteiger partial charge in [-0.15, -0.1) is 0 Å². The predicted molar refractivity (Wildman–Crippen MR) is 68.9 cm³/mol. The Labute approximate surface area is 104 Å². The van der Waals surface area contributed by atoms with E-state index in [0.717, 1.165) is 28.0 Å².